The van der Waals surface area contributed by atoms with Gasteiger partial charge >= 0.3 is 6.03 Å². The number of aryl methyl sites for hydroxylation is 1. The number of hydrogen-bond acceptors (Lipinski definition) is 4. The fourth-order valence-electron chi connectivity index (χ4n) is 3.54. The first-order valence-corrected chi connectivity index (χ1v) is 10.6. The summed E-state index contributed by atoms with van der Waals surface area (Å²) in [6.07, 6.45) is 0. The minimum absolute atomic E-state index is 0.00795. The van der Waals surface area contributed by atoms with Gasteiger partial charge in [0.1, 0.15) is 24.7 Å². The molecule has 1 saturated heterocycles. The van der Waals surface area contributed by atoms with Gasteiger partial charge in [0.05, 0.1) is 13.7 Å². The molecular formula is C25H23ClN2O4. The lowest BCUT2D eigenvalue weighted by molar-refractivity contribution is -0.125. The molecule has 0 N–H and O–H groups in total. The highest BCUT2D eigenvalue weighted by atomic mass is 35.5. The molecule has 0 aliphatic carbocycles. The molecule has 0 radical (unpaired) electrons. The fourth-order valence-corrected chi connectivity index (χ4v) is 3.82. The lowest BCUT2D eigenvalue weighted by atomic mass is 10.1. The van der Waals surface area contributed by atoms with Crippen molar-refractivity contribution in [2.45, 2.75) is 20.1 Å². The van der Waals surface area contributed by atoms with Gasteiger partial charge in [-0.1, -0.05) is 35.9 Å². The van der Waals surface area contributed by atoms with Gasteiger partial charge in [0.15, 0.2) is 0 Å². The molecule has 1 heterocycles. The van der Waals surface area contributed by atoms with Gasteiger partial charge in [-0.2, -0.15) is 0 Å². The first kappa shape index (κ1) is 21.7. The van der Waals surface area contributed by atoms with Crippen molar-refractivity contribution < 1.29 is 19.1 Å². The average molecular weight is 451 g/mol. The maximum absolute atomic E-state index is 12.9. The van der Waals surface area contributed by atoms with Crippen LogP contribution in [0.1, 0.15) is 16.7 Å². The Kier molecular flexibility index (Phi) is 6.32. The number of hydrogen-bond donors (Lipinski definition) is 0. The van der Waals surface area contributed by atoms with Gasteiger partial charge in [-0.05, 0) is 60.5 Å². The van der Waals surface area contributed by atoms with Crippen LogP contribution < -0.4 is 14.4 Å². The molecule has 3 amide bonds. The molecule has 6 nitrogen and oxygen atoms in total. The highest BCUT2D eigenvalue weighted by molar-refractivity contribution is 6.31. The predicted molar refractivity (Wildman–Crippen MR) is 123 cm³/mol. The van der Waals surface area contributed by atoms with Gasteiger partial charge in [-0.15, -0.1) is 0 Å². The summed E-state index contributed by atoms with van der Waals surface area (Å²) in [5.41, 5.74) is 3.50. The van der Waals surface area contributed by atoms with E-state index < -0.39 is 0 Å². The van der Waals surface area contributed by atoms with E-state index in [0.29, 0.717) is 23.1 Å². The van der Waals surface area contributed by atoms with Crippen molar-refractivity contribution in [2.75, 3.05) is 18.6 Å². The number of amides is 3. The fraction of sp³-hybridized carbons (Fsp3) is 0.200. The Bertz CT molecular complexity index is 1110. The van der Waals surface area contributed by atoms with Crippen molar-refractivity contribution in [1.29, 1.82) is 0 Å². The Balaban J connectivity index is 1.41. The third-order valence-electron chi connectivity index (χ3n) is 5.44. The summed E-state index contributed by atoms with van der Waals surface area (Å²) in [6.45, 7) is 2.56. The van der Waals surface area contributed by atoms with E-state index in [2.05, 4.69) is 0 Å². The number of anilines is 1. The molecule has 0 bridgehead atoms. The second kappa shape index (κ2) is 9.32. The number of urea groups is 1. The van der Waals surface area contributed by atoms with Crippen LogP contribution in [-0.2, 0) is 17.9 Å². The van der Waals surface area contributed by atoms with Crippen LogP contribution in [0, 0.1) is 6.92 Å². The lowest BCUT2D eigenvalue weighted by Gasteiger charge is -2.18. The molecule has 1 aliphatic heterocycles. The summed E-state index contributed by atoms with van der Waals surface area (Å²) in [7, 11) is 1.59. The summed E-state index contributed by atoms with van der Waals surface area (Å²) >= 11 is 6.26. The maximum Gasteiger partial charge on any atom is 0.332 e. The number of imide groups is 1. The topological polar surface area (TPSA) is 59.1 Å². The molecule has 1 fully saturated rings. The van der Waals surface area contributed by atoms with Crippen molar-refractivity contribution in [3.05, 3.63) is 88.4 Å². The smallest absolute Gasteiger partial charge is 0.332 e. The molecule has 164 valence electrons. The summed E-state index contributed by atoms with van der Waals surface area (Å²) < 4.78 is 11.0. The highest BCUT2D eigenvalue weighted by Crippen LogP contribution is 2.27. The van der Waals surface area contributed by atoms with Gasteiger partial charge in [0.2, 0.25) is 0 Å². The van der Waals surface area contributed by atoms with E-state index in [0.717, 1.165) is 22.4 Å². The van der Waals surface area contributed by atoms with Crippen molar-refractivity contribution in [3.63, 3.8) is 0 Å². The standard InChI is InChI=1S/C25H23ClN2O4/c1-17-4-3-5-23(26)22(17)16-32-21-12-8-19(9-13-21)27-15-24(29)28(25(27)30)14-18-6-10-20(31-2)11-7-18/h3-13H,14-16H2,1-2H3. The number of rotatable bonds is 7. The largest absolute Gasteiger partial charge is 0.497 e. The number of carbonyl (C=O) groups is 2. The highest BCUT2D eigenvalue weighted by Gasteiger charge is 2.36. The van der Waals surface area contributed by atoms with Gasteiger partial charge in [0, 0.05) is 16.3 Å². The van der Waals surface area contributed by atoms with Crippen LogP contribution in [0.25, 0.3) is 0 Å². The zero-order valence-corrected chi connectivity index (χ0v) is 18.6. The molecule has 1 aliphatic rings. The predicted octanol–water partition coefficient (Wildman–Crippen LogP) is 5.20. The second-order valence-corrected chi connectivity index (χ2v) is 7.92. The van der Waals surface area contributed by atoms with Crippen LogP contribution in [0.5, 0.6) is 11.5 Å². The van der Waals surface area contributed by atoms with E-state index in [-0.39, 0.29) is 25.0 Å². The summed E-state index contributed by atoms with van der Waals surface area (Å²) in [5.74, 6) is 1.14. The Labute approximate surface area is 191 Å². The number of ether oxygens (including phenoxy) is 2. The molecule has 0 unspecified atom stereocenters. The van der Waals surface area contributed by atoms with Gasteiger partial charge in [0.25, 0.3) is 5.91 Å². The van der Waals surface area contributed by atoms with Crippen LogP contribution in [-0.4, -0.2) is 30.5 Å². The molecule has 4 rings (SSSR count). The van der Waals surface area contributed by atoms with Crippen LogP contribution in [0.4, 0.5) is 10.5 Å². The molecule has 0 spiro atoms. The molecule has 0 atom stereocenters. The zero-order chi connectivity index (χ0) is 22.7. The van der Waals surface area contributed by atoms with Gasteiger partial charge in [-0.25, -0.2) is 4.79 Å². The molecule has 7 heteroatoms. The Morgan fingerprint density at radius 3 is 2.28 bits per heavy atom. The number of nitrogens with zero attached hydrogens (tertiary/aromatic N) is 2. The SMILES string of the molecule is COc1ccc(CN2C(=O)CN(c3ccc(OCc4c(C)cccc4Cl)cc3)C2=O)cc1. The lowest BCUT2D eigenvalue weighted by Crippen LogP contribution is -2.32. The number of carbonyl (C=O) groups excluding carboxylic acids is 2. The zero-order valence-electron chi connectivity index (χ0n) is 17.9. The molecule has 3 aromatic rings. The van der Waals surface area contributed by atoms with E-state index in [4.69, 9.17) is 21.1 Å². The van der Waals surface area contributed by atoms with Crippen LogP contribution >= 0.6 is 11.6 Å². The third kappa shape index (κ3) is 4.55. The summed E-state index contributed by atoms with van der Waals surface area (Å²) in [6, 6.07) is 19.8. The van der Waals surface area contributed by atoms with Gasteiger partial charge in [-0.3, -0.25) is 14.6 Å². The number of halogens is 1. The molecule has 32 heavy (non-hydrogen) atoms. The first-order chi connectivity index (χ1) is 15.5. The van der Waals surface area contributed by atoms with Crippen molar-refractivity contribution in [1.82, 2.24) is 4.90 Å². The minimum Gasteiger partial charge on any atom is -0.497 e. The monoisotopic (exact) mass is 450 g/mol. The Hall–Kier alpha value is -3.51. The molecule has 0 saturated carbocycles. The van der Waals surface area contributed by atoms with Crippen LogP contribution in [0.15, 0.2) is 66.7 Å². The normalized spacial score (nSPS) is 13.6. The number of benzene rings is 3. The van der Waals surface area contributed by atoms with Gasteiger partial charge < -0.3 is 9.47 Å². The molecular weight excluding hydrogens is 428 g/mol. The van der Waals surface area contributed by atoms with Crippen LogP contribution in [0.3, 0.4) is 0 Å². The third-order valence-corrected chi connectivity index (χ3v) is 5.79. The summed E-state index contributed by atoms with van der Waals surface area (Å²) in [4.78, 5) is 28.1. The minimum atomic E-state index is -0.342. The van der Waals surface area contributed by atoms with E-state index >= 15 is 0 Å². The maximum atomic E-state index is 12.9. The van der Waals surface area contributed by atoms with Crippen LogP contribution in [0.2, 0.25) is 5.02 Å². The quantitative estimate of drug-likeness (QED) is 0.464. The molecule has 3 aromatic carbocycles. The Morgan fingerprint density at radius 1 is 0.938 bits per heavy atom. The van der Waals surface area contributed by atoms with Crippen molar-refractivity contribution in [3.8, 4) is 11.5 Å². The summed E-state index contributed by atoms with van der Waals surface area (Å²) in [5, 5.41) is 0.666. The molecule has 0 aromatic heterocycles. The first-order valence-electron chi connectivity index (χ1n) is 10.2. The second-order valence-electron chi connectivity index (χ2n) is 7.51. The number of methoxy groups -OCH3 is 1. The van der Waals surface area contributed by atoms with E-state index in [1.54, 1.807) is 43.5 Å². The van der Waals surface area contributed by atoms with E-state index in [1.807, 2.05) is 37.3 Å². The van der Waals surface area contributed by atoms with Crippen molar-refractivity contribution >= 4 is 29.2 Å². The van der Waals surface area contributed by atoms with Crippen molar-refractivity contribution in [2.24, 2.45) is 0 Å². The Morgan fingerprint density at radius 2 is 1.62 bits per heavy atom. The average Bonchev–Trinajstić information content (AvgIpc) is 3.08. The van der Waals surface area contributed by atoms with E-state index in [1.165, 1.54) is 9.80 Å². The van der Waals surface area contributed by atoms with E-state index in [9.17, 15) is 9.59 Å².